The number of nitrogens with zero attached hydrogens (tertiary/aromatic N) is 2. The number of likely N-dealkylation sites (N-methyl/N-ethyl adjacent to an activating group) is 1. The summed E-state index contributed by atoms with van der Waals surface area (Å²) in [5, 5.41) is 1.80. The second-order valence-electron chi connectivity index (χ2n) is 4.31. The van der Waals surface area contributed by atoms with Crippen LogP contribution < -0.4 is 5.43 Å². The first-order chi connectivity index (χ1) is 7.27. The van der Waals surface area contributed by atoms with Crippen LogP contribution in [0.25, 0.3) is 0 Å². The fourth-order valence-electron chi connectivity index (χ4n) is 2.17. The largest absolute Gasteiger partial charge is 0.297 e. The predicted octanol–water partition coefficient (Wildman–Crippen LogP) is 1.80. The Morgan fingerprint density at radius 1 is 1.40 bits per heavy atom. The molecule has 0 saturated heterocycles. The molecule has 1 heterocycles. The Morgan fingerprint density at radius 2 is 2.13 bits per heavy atom. The molecule has 0 bridgehead atoms. The lowest BCUT2D eigenvalue weighted by Gasteiger charge is -2.16. The molecule has 77 valence electrons. The van der Waals surface area contributed by atoms with Crippen LogP contribution in [-0.2, 0) is 4.79 Å². The van der Waals surface area contributed by atoms with E-state index in [1.807, 2.05) is 31.3 Å². The van der Waals surface area contributed by atoms with Crippen LogP contribution in [0.15, 0.2) is 24.3 Å². The summed E-state index contributed by atoms with van der Waals surface area (Å²) in [6, 6.07) is 7.77. The zero-order valence-electron chi connectivity index (χ0n) is 8.68. The Bertz CT molecular complexity index is 412. The van der Waals surface area contributed by atoms with E-state index in [1.165, 1.54) is 0 Å². The summed E-state index contributed by atoms with van der Waals surface area (Å²) in [6.07, 6.45) is 2.12. The van der Waals surface area contributed by atoms with E-state index in [0.29, 0.717) is 11.7 Å². The molecule has 1 fully saturated rings. The summed E-state index contributed by atoms with van der Waals surface area (Å²) in [7, 11) is 1.88. The highest BCUT2D eigenvalue weighted by Crippen LogP contribution is 2.41. The summed E-state index contributed by atoms with van der Waals surface area (Å²) in [5.74, 6) is 0.630. The van der Waals surface area contributed by atoms with E-state index in [0.717, 1.165) is 24.1 Å². The SMILES string of the molecule is CN1[N]c2ccccc2C1C(=O)C1CC1. The average Bonchev–Trinajstić information content (AvgIpc) is 3.00. The van der Waals surface area contributed by atoms with Gasteiger partial charge in [0.05, 0.1) is 5.69 Å². The zero-order chi connectivity index (χ0) is 10.4. The molecule has 1 aliphatic carbocycles. The minimum atomic E-state index is -0.131. The molecule has 1 atom stereocenters. The molecule has 1 unspecified atom stereocenters. The number of rotatable bonds is 2. The summed E-state index contributed by atoms with van der Waals surface area (Å²) < 4.78 is 0. The fraction of sp³-hybridized carbons (Fsp3) is 0.417. The van der Waals surface area contributed by atoms with Gasteiger partial charge in [-0.3, -0.25) is 4.79 Å². The standard InChI is InChI=1S/C12H13N2O/c1-14-11(12(15)8-6-7-8)9-4-2-3-5-10(9)13-14/h2-5,8,11H,6-7H2,1H3. The van der Waals surface area contributed by atoms with E-state index < -0.39 is 0 Å². The molecule has 3 rings (SSSR count). The lowest BCUT2D eigenvalue weighted by atomic mass is 10.00. The number of hydrogen-bond acceptors (Lipinski definition) is 2. The van der Waals surface area contributed by atoms with Crippen LogP contribution >= 0.6 is 0 Å². The minimum absolute atomic E-state index is 0.131. The molecule has 1 aliphatic heterocycles. The number of hydrogen-bond donors (Lipinski definition) is 0. The first kappa shape index (κ1) is 8.92. The third-order valence-corrected chi connectivity index (χ3v) is 3.12. The normalized spacial score (nSPS) is 24.7. The third kappa shape index (κ3) is 1.35. The van der Waals surface area contributed by atoms with Gasteiger partial charge < -0.3 is 0 Å². The molecule has 0 amide bonds. The van der Waals surface area contributed by atoms with Gasteiger partial charge in [0.15, 0.2) is 5.78 Å². The van der Waals surface area contributed by atoms with Gasteiger partial charge in [0.25, 0.3) is 0 Å². The van der Waals surface area contributed by atoms with Crippen molar-refractivity contribution in [3.05, 3.63) is 29.8 Å². The van der Waals surface area contributed by atoms with Crippen LogP contribution in [0.3, 0.4) is 0 Å². The van der Waals surface area contributed by atoms with Gasteiger partial charge in [0, 0.05) is 18.5 Å². The predicted molar refractivity (Wildman–Crippen MR) is 56.5 cm³/mol. The van der Waals surface area contributed by atoms with Gasteiger partial charge in [-0.1, -0.05) is 18.2 Å². The second-order valence-corrected chi connectivity index (χ2v) is 4.31. The van der Waals surface area contributed by atoms with E-state index in [4.69, 9.17) is 0 Å². The summed E-state index contributed by atoms with van der Waals surface area (Å²) in [5.41, 5.74) is 6.39. The van der Waals surface area contributed by atoms with Crippen molar-refractivity contribution in [2.45, 2.75) is 18.9 Å². The fourth-order valence-corrected chi connectivity index (χ4v) is 2.17. The smallest absolute Gasteiger partial charge is 0.159 e. The molecule has 15 heavy (non-hydrogen) atoms. The molecule has 0 spiro atoms. The van der Waals surface area contributed by atoms with Crippen molar-refractivity contribution >= 4 is 11.5 Å². The van der Waals surface area contributed by atoms with Crippen molar-refractivity contribution in [2.75, 3.05) is 7.05 Å². The molecule has 3 nitrogen and oxygen atoms in total. The topological polar surface area (TPSA) is 34.4 Å². The van der Waals surface area contributed by atoms with Crippen molar-refractivity contribution in [3.8, 4) is 0 Å². The summed E-state index contributed by atoms with van der Waals surface area (Å²) in [4.78, 5) is 12.1. The number of benzene rings is 1. The number of carbonyl (C=O) groups is 1. The van der Waals surface area contributed by atoms with Crippen LogP contribution in [0.2, 0.25) is 0 Å². The quantitative estimate of drug-likeness (QED) is 0.731. The van der Waals surface area contributed by atoms with Crippen LogP contribution in [0.4, 0.5) is 5.69 Å². The van der Waals surface area contributed by atoms with Gasteiger partial charge in [-0.25, -0.2) is 0 Å². The Labute approximate surface area is 89.1 Å². The van der Waals surface area contributed by atoms with Crippen molar-refractivity contribution in [1.82, 2.24) is 10.4 Å². The van der Waals surface area contributed by atoms with Crippen molar-refractivity contribution in [3.63, 3.8) is 0 Å². The second kappa shape index (κ2) is 3.07. The molecule has 3 heteroatoms. The Balaban J connectivity index is 1.97. The third-order valence-electron chi connectivity index (χ3n) is 3.12. The number of carbonyl (C=O) groups excluding carboxylic acids is 1. The van der Waals surface area contributed by atoms with Gasteiger partial charge in [-0.2, -0.15) is 10.4 Å². The molecular weight excluding hydrogens is 188 g/mol. The van der Waals surface area contributed by atoms with Gasteiger partial charge in [-0.05, 0) is 18.9 Å². The maximum absolute atomic E-state index is 12.1. The van der Waals surface area contributed by atoms with E-state index in [1.54, 1.807) is 5.01 Å². The highest BCUT2D eigenvalue weighted by Gasteiger charge is 2.41. The van der Waals surface area contributed by atoms with E-state index in [9.17, 15) is 4.79 Å². The molecule has 2 aliphatic rings. The first-order valence-electron chi connectivity index (χ1n) is 5.34. The van der Waals surface area contributed by atoms with Crippen LogP contribution in [0.5, 0.6) is 0 Å². The van der Waals surface area contributed by atoms with Crippen LogP contribution in [0, 0.1) is 5.92 Å². The zero-order valence-corrected chi connectivity index (χ0v) is 8.68. The van der Waals surface area contributed by atoms with Crippen molar-refractivity contribution in [1.29, 1.82) is 0 Å². The maximum Gasteiger partial charge on any atom is 0.159 e. The summed E-state index contributed by atoms with van der Waals surface area (Å²) in [6.45, 7) is 0. The molecular formula is C12H13N2O. The number of ketones is 1. The molecule has 1 saturated carbocycles. The molecule has 1 aromatic carbocycles. The highest BCUT2D eigenvalue weighted by molar-refractivity contribution is 5.91. The lowest BCUT2D eigenvalue weighted by molar-refractivity contribution is -0.125. The molecule has 0 aromatic heterocycles. The van der Waals surface area contributed by atoms with Crippen LogP contribution in [-0.4, -0.2) is 17.8 Å². The molecule has 1 aromatic rings. The monoisotopic (exact) mass is 201 g/mol. The minimum Gasteiger partial charge on any atom is -0.297 e. The summed E-state index contributed by atoms with van der Waals surface area (Å²) >= 11 is 0. The van der Waals surface area contributed by atoms with E-state index in [2.05, 4.69) is 5.43 Å². The van der Waals surface area contributed by atoms with E-state index >= 15 is 0 Å². The lowest BCUT2D eigenvalue weighted by Crippen LogP contribution is -2.29. The van der Waals surface area contributed by atoms with Gasteiger partial charge in [-0.15, -0.1) is 0 Å². The molecule has 1 radical (unpaired) electrons. The van der Waals surface area contributed by atoms with Gasteiger partial charge >= 0.3 is 0 Å². The number of fused-ring (bicyclic) bond motifs is 1. The van der Waals surface area contributed by atoms with E-state index in [-0.39, 0.29) is 6.04 Å². The first-order valence-corrected chi connectivity index (χ1v) is 5.34. The average molecular weight is 201 g/mol. The van der Waals surface area contributed by atoms with Crippen molar-refractivity contribution < 1.29 is 4.79 Å². The van der Waals surface area contributed by atoms with Gasteiger partial charge in [0.2, 0.25) is 0 Å². The number of Topliss-reactive ketones (excluding diaryl/α,β-unsaturated/α-hetero) is 1. The van der Waals surface area contributed by atoms with Crippen molar-refractivity contribution in [2.24, 2.45) is 5.92 Å². The Kier molecular flexibility index (Phi) is 1.83. The Morgan fingerprint density at radius 3 is 2.87 bits per heavy atom. The van der Waals surface area contributed by atoms with Crippen LogP contribution in [0.1, 0.15) is 24.4 Å². The molecule has 0 N–H and O–H groups in total. The van der Waals surface area contributed by atoms with Gasteiger partial charge in [0.1, 0.15) is 6.04 Å². The Hall–Kier alpha value is -1.35. The maximum atomic E-state index is 12.1. The highest BCUT2D eigenvalue weighted by atomic mass is 16.1.